The molecule has 0 saturated heterocycles. The number of sulfonamides is 1. The van der Waals surface area contributed by atoms with E-state index < -0.39 is 10.0 Å². The third-order valence-corrected chi connectivity index (χ3v) is 5.71. The van der Waals surface area contributed by atoms with Crippen LogP contribution in [-0.4, -0.2) is 19.8 Å². The summed E-state index contributed by atoms with van der Waals surface area (Å²) in [5.74, 6) is 0. The summed E-state index contributed by atoms with van der Waals surface area (Å²) in [6.07, 6.45) is 3.39. The van der Waals surface area contributed by atoms with Gasteiger partial charge in [0.2, 0.25) is 10.0 Å². The lowest BCUT2D eigenvalue weighted by Gasteiger charge is -2.26. The van der Waals surface area contributed by atoms with Gasteiger partial charge in [-0.05, 0) is 56.7 Å². The first-order chi connectivity index (χ1) is 8.88. The number of benzene rings is 1. The van der Waals surface area contributed by atoms with E-state index in [9.17, 15) is 8.42 Å². The zero-order valence-corrected chi connectivity index (χ0v) is 12.9. The fourth-order valence-corrected chi connectivity index (χ4v) is 4.34. The van der Waals surface area contributed by atoms with Crippen molar-refractivity contribution in [2.45, 2.75) is 55.8 Å². The van der Waals surface area contributed by atoms with Gasteiger partial charge >= 0.3 is 0 Å². The van der Waals surface area contributed by atoms with E-state index >= 15 is 0 Å². The van der Waals surface area contributed by atoms with Gasteiger partial charge < -0.3 is 0 Å². The molecule has 0 amide bonds. The molecular weight excluding hydrogens is 282 g/mol. The number of rotatable bonds is 3. The summed E-state index contributed by atoms with van der Waals surface area (Å²) in [5, 5.41) is 0.196. The average molecular weight is 302 g/mol. The molecule has 2 rings (SSSR count). The maximum absolute atomic E-state index is 12.4. The van der Waals surface area contributed by atoms with Crippen molar-refractivity contribution in [1.82, 2.24) is 4.72 Å². The van der Waals surface area contributed by atoms with E-state index in [2.05, 4.69) is 4.72 Å². The zero-order valence-electron chi connectivity index (χ0n) is 11.3. The van der Waals surface area contributed by atoms with Crippen molar-refractivity contribution in [1.29, 1.82) is 0 Å². The van der Waals surface area contributed by atoms with Gasteiger partial charge in [-0.25, -0.2) is 13.1 Å². The number of alkyl halides is 1. The molecule has 0 aromatic heterocycles. The molecule has 1 aliphatic rings. The minimum atomic E-state index is -3.42. The standard InChI is InChI=1S/C14H20ClNO2S/c1-10-3-4-11(2)14(9-10)19(17,18)16-13-7-5-12(15)6-8-13/h3-4,9,12-13,16H,5-8H2,1-2H3. The maximum atomic E-state index is 12.4. The maximum Gasteiger partial charge on any atom is 0.241 e. The molecule has 1 fully saturated rings. The quantitative estimate of drug-likeness (QED) is 0.872. The van der Waals surface area contributed by atoms with Crippen LogP contribution in [-0.2, 0) is 10.0 Å². The van der Waals surface area contributed by atoms with E-state index in [-0.39, 0.29) is 11.4 Å². The fourth-order valence-electron chi connectivity index (χ4n) is 2.45. The molecule has 3 nitrogen and oxygen atoms in total. The van der Waals surface area contributed by atoms with E-state index in [0.717, 1.165) is 36.8 Å². The molecule has 0 unspecified atom stereocenters. The monoisotopic (exact) mass is 301 g/mol. The Morgan fingerprint density at radius 1 is 1.16 bits per heavy atom. The lowest BCUT2D eigenvalue weighted by molar-refractivity contribution is 0.416. The minimum Gasteiger partial charge on any atom is -0.208 e. The molecule has 0 atom stereocenters. The average Bonchev–Trinajstić information content (AvgIpc) is 2.35. The van der Waals surface area contributed by atoms with Gasteiger partial charge in [0, 0.05) is 11.4 Å². The van der Waals surface area contributed by atoms with Gasteiger partial charge in [-0.2, -0.15) is 0 Å². The lowest BCUT2D eigenvalue weighted by Crippen LogP contribution is -2.38. The molecule has 5 heteroatoms. The molecule has 1 saturated carbocycles. The molecule has 0 bridgehead atoms. The highest BCUT2D eigenvalue weighted by atomic mass is 35.5. The first-order valence-electron chi connectivity index (χ1n) is 6.62. The van der Waals surface area contributed by atoms with Gasteiger partial charge in [-0.1, -0.05) is 12.1 Å². The number of halogens is 1. The smallest absolute Gasteiger partial charge is 0.208 e. The first kappa shape index (κ1) is 14.8. The summed E-state index contributed by atoms with van der Waals surface area (Å²) in [6, 6.07) is 5.51. The van der Waals surface area contributed by atoms with E-state index in [1.807, 2.05) is 26.0 Å². The van der Waals surface area contributed by atoms with Crippen LogP contribution < -0.4 is 4.72 Å². The number of nitrogens with one attached hydrogen (secondary N) is 1. The van der Waals surface area contributed by atoms with E-state index in [4.69, 9.17) is 11.6 Å². The van der Waals surface area contributed by atoms with E-state index in [1.54, 1.807) is 6.07 Å². The number of hydrogen-bond donors (Lipinski definition) is 1. The SMILES string of the molecule is Cc1ccc(C)c(S(=O)(=O)NC2CCC(Cl)CC2)c1. The van der Waals surface area contributed by atoms with Crippen molar-refractivity contribution in [3.05, 3.63) is 29.3 Å². The molecule has 1 aromatic carbocycles. The van der Waals surface area contributed by atoms with Crippen molar-refractivity contribution in [3.63, 3.8) is 0 Å². The molecule has 1 aromatic rings. The van der Waals surface area contributed by atoms with Crippen molar-refractivity contribution in [2.24, 2.45) is 0 Å². The summed E-state index contributed by atoms with van der Waals surface area (Å²) in [6.45, 7) is 3.72. The third-order valence-electron chi connectivity index (χ3n) is 3.61. The number of hydrogen-bond acceptors (Lipinski definition) is 2. The molecule has 19 heavy (non-hydrogen) atoms. The van der Waals surface area contributed by atoms with Crippen LogP contribution in [0.5, 0.6) is 0 Å². The topological polar surface area (TPSA) is 46.2 Å². The lowest BCUT2D eigenvalue weighted by atomic mass is 9.96. The summed E-state index contributed by atoms with van der Waals surface area (Å²) < 4.78 is 27.6. The second kappa shape index (κ2) is 5.81. The minimum absolute atomic E-state index is 0.0138. The van der Waals surface area contributed by atoms with Crippen molar-refractivity contribution in [3.8, 4) is 0 Å². The normalized spacial score (nSPS) is 24.4. The summed E-state index contributed by atoms with van der Waals surface area (Å²) in [5.41, 5.74) is 1.74. The fraction of sp³-hybridized carbons (Fsp3) is 0.571. The Morgan fingerprint density at radius 2 is 1.79 bits per heavy atom. The van der Waals surface area contributed by atoms with Crippen LogP contribution in [0.15, 0.2) is 23.1 Å². The molecule has 0 radical (unpaired) electrons. The molecule has 0 spiro atoms. The zero-order chi connectivity index (χ0) is 14.0. The van der Waals surface area contributed by atoms with Crippen molar-refractivity contribution in [2.75, 3.05) is 0 Å². The Labute approximate surface area is 120 Å². The highest BCUT2D eigenvalue weighted by molar-refractivity contribution is 7.89. The van der Waals surface area contributed by atoms with Gasteiger partial charge in [0.15, 0.2) is 0 Å². The van der Waals surface area contributed by atoms with E-state index in [1.165, 1.54) is 0 Å². The highest BCUT2D eigenvalue weighted by Gasteiger charge is 2.25. The van der Waals surface area contributed by atoms with Crippen LogP contribution in [0.4, 0.5) is 0 Å². The van der Waals surface area contributed by atoms with Crippen LogP contribution in [0.1, 0.15) is 36.8 Å². The number of aryl methyl sites for hydroxylation is 2. The van der Waals surface area contributed by atoms with Gasteiger partial charge in [-0.15, -0.1) is 11.6 Å². The highest BCUT2D eigenvalue weighted by Crippen LogP contribution is 2.25. The van der Waals surface area contributed by atoms with Gasteiger partial charge in [0.05, 0.1) is 4.90 Å². The van der Waals surface area contributed by atoms with Gasteiger partial charge in [0.25, 0.3) is 0 Å². The molecular formula is C14H20ClNO2S. The van der Waals surface area contributed by atoms with E-state index in [0.29, 0.717) is 4.90 Å². The second-order valence-electron chi connectivity index (χ2n) is 5.34. The van der Waals surface area contributed by atoms with Crippen molar-refractivity contribution < 1.29 is 8.42 Å². The third kappa shape index (κ3) is 3.71. The summed E-state index contributed by atoms with van der Waals surface area (Å²) >= 11 is 6.04. The Balaban J connectivity index is 2.16. The van der Waals surface area contributed by atoms with Crippen LogP contribution >= 0.6 is 11.6 Å². The molecule has 1 N–H and O–H groups in total. The van der Waals surface area contributed by atoms with Gasteiger partial charge in [-0.3, -0.25) is 0 Å². The predicted octanol–water partition coefficient (Wildman–Crippen LogP) is 3.13. The summed E-state index contributed by atoms with van der Waals surface area (Å²) in [7, 11) is -3.42. The second-order valence-corrected chi connectivity index (χ2v) is 7.64. The Morgan fingerprint density at radius 3 is 2.42 bits per heavy atom. The van der Waals surface area contributed by atoms with Crippen molar-refractivity contribution >= 4 is 21.6 Å². The Kier molecular flexibility index (Phi) is 4.54. The van der Waals surface area contributed by atoms with Crippen LogP contribution in [0.2, 0.25) is 0 Å². The predicted molar refractivity (Wildman–Crippen MR) is 78.1 cm³/mol. The molecule has 0 heterocycles. The largest absolute Gasteiger partial charge is 0.241 e. The van der Waals surface area contributed by atoms with Gasteiger partial charge in [0.1, 0.15) is 0 Å². The van der Waals surface area contributed by atoms with Crippen LogP contribution in [0.25, 0.3) is 0 Å². The molecule has 1 aliphatic carbocycles. The Bertz CT molecular complexity index is 549. The summed E-state index contributed by atoms with van der Waals surface area (Å²) in [4.78, 5) is 0.389. The Hall–Kier alpha value is -0.580. The molecule has 0 aliphatic heterocycles. The first-order valence-corrected chi connectivity index (χ1v) is 8.54. The molecule has 106 valence electrons. The van der Waals surface area contributed by atoms with Crippen LogP contribution in [0.3, 0.4) is 0 Å². The van der Waals surface area contributed by atoms with Crippen LogP contribution in [0, 0.1) is 13.8 Å².